The summed E-state index contributed by atoms with van der Waals surface area (Å²) in [5.41, 5.74) is 1.29. The van der Waals surface area contributed by atoms with Gasteiger partial charge in [-0.05, 0) is 30.5 Å². The average Bonchev–Trinajstić information content (AvgIpc) is 3.45. The summed E-state index contributed by atoms with van der Waals surface area (Å²) in [6.07, 6.45) is 5.33. The number of aryl methyl sites for hydroxylation is 1. The van der Waals surface area contributed by atoms with E-state index in [2.05, 4.69) is 17.4 Å². The quantitative estimate of drug-likeness (QED) is 0.555. The average molecular weight is 418 g/mol. The second kappa shape index (κ2) is 7.85. The molecule has 2 fully saturated rings. The van der Waals surface area contributed by atoms with E-state index in [-0.39, 0.29) is 17.9 Å². The molecule has 6 nitrogen and oxygen atoms in total. The number of methoxy groups -OCH3 is 1. The minimum atomic E-state index is -0.725. The smallest absolute Gasteiger partial charge is 0.234 e. The molecule has 1 spiro atoms. The lowest BCUT2D eigenvalue weighted by Gasteiger charge is -2.23. The van der Waals surface area contributed by atoms with Gasteiger partial charge in [0.15, 0.2) is 0 Å². The summed E-state index contributed by atoms with van der Waals surface area (Å²) in [6, 6.07) is 17.6. The molecule has 31 heavy (non-hydrogen) atoms. The molecule has 3 aliphatic heterocycles. The Morgan fingerprint density at radius 3 is 2.87 bits per heavy atom. The number of benzene rings is 2. The fourth-order valence-corrected chi connectivity index (χ4v) is 5.06. The number of nitrogens with zero attached hydrogens (tertiary/aromatic N) is 1. The third-order valence-corrected chi connectivity index (χ3v) is 6.55. The van der Waals surface area contributed by atoms with Crippen LogP contribution in [0.2, 0.25) is 0 Å². The number of carbonyl (C=O) groups is 2. The molecule has 6 heteroatoms. The van der Waals surface area contributed by atoms with Gasteiger partial charge in [0.2, 0.25) is 11.8 Å². The predicted molar refractivity (Wildman–Crippen MR) is 117 cm³/mol. The molecule has 3 heterocycles. The summed E-state index contributed by atoms with van der Waals surface area (Å²) in [7, 11) is 1.60. The van der Waals surface area contributed by atoms with Gasteiger partial charge in [0.05, 0.1) is 31.6 Å². The predicted octanol–water partition coefficient (Wildman–Crippen LogP) is 2.73. The number of carbonyl (C=O) groups excluding carboxylic acids is 2. The zero-order chi connectivity index (χ0) is 21.4. The molecule has 0 aromatic heterocycles. The Morgan fingerprint density at radius 2 is 2.06 bits per heavy atom. The van der Waals surface area contributed by atoms with E-state index in [1.54, 1.807) is 12.0 Å². The molecule has 2 aromatic carbocycles. The van der Waals surface area contributed by atoms with Crippen molar-refractivity contribution in [2.45, 2.75) is 24.5 Å². The number of nitrogens with one attached hydrogen (secondary N) is 1. The normalized spacial score (nSPS) is 28.1. The highest BCUT2D eigenvalue weighted by molar-refractivity contribution is 6.03. The highest BCUT2D eigenvalue weighted by atomic mass is 16.5. The van der Waals surface area contributed by atoms with Crippen LogP contribution < -0.4 is 15.0 Å². The number of amides is 2. The lowest BCUT2D eigenvalue weighted by atomic mass is 9.77. The van der Waals surface area contributed by atoms with Crippen LogP contribution in [0.3, 0.4) is 0 Å². The van der Waals surface area contributed by atoms with Gasteiger partial charge >= 0.3 is 0 Å². The van der Waals surface area contributed by atoms with Gasteiger partial charge in [-0.25, -0.2) is 0 Å². The second-order valence-electron chi connectivity index (χ2n) is 8.41. The van der Waals surface area contributed by atoms with Gasteiger partial charge in [-0.3, -0.25) is 9.59 Å². The first-order valence-corrected chi connectivity index (χ1v) is 10.8. The van der Waals surface area contributed by atoms with Crippen molar-refractivity contribution in [2.24, 2.45) is 11.8 Å². The van der Waals surface area contributed by atoms with Crippen LogP contribution in [0.1, 0.15) is 12.0 Å². The molecule has 5 rings (SSSR count). The molecule has 160 valence electrons. The molecular formula is C25H26N2O4. The lowest BCUT2D eigenvalue weighted by Crippen LogP contribution is -2.44. The maximum atomic E-state index is 13.4. The summed E-state index contributed by atoms with van der Waals surface area (Å²) in [5.74, 6) is -0.472. The van der Waals surface area contributed by atoms with Gasteiger partial charge in [0, 0.05) is 18.3 Å². The number of rotatable bonds is 7. The van der Waals surface area contributed by atoms with E-state index in [0.717, 1.165) is 18.5 Å². The van der Waals surface area contributed by atoms with Crippen LogP contribution in [-0.4, -0.2) is 43.7 Å². The fourth-order valence-electron chi connectivity index (χ4n) is 5.06. The Bertz CT molecular complexity index is 1020. The van der Waals surface area contributed by atoms with Crippen molar-refractivity contribution in [1.29, 1.82) is 0 Å². The molecule has 2 amide bonds. The molecule has 1 N–H and O–H groups in total. The summed E-state index contributed by atoms with van der Waals surface area (Å²) in [4.78, 5) is 28.2. The minimum Gasteiger partial charge on any atom is -0.497 e. The van der Waals surface area contributed by atoms with E-state index in [0.29, 0.717) is 18.8 Å². The van der Waals surface area contributed by atoms with Gasteiger partial charge in [-0.15, -0.1) is 0 Å². The highest BCUT2D eigenvalue weighted by Crippen LogP contribution is 2.52. The summed E-state index contributed by atoms with van der Waals surface area (Å²) in [6.45, 7) is 0.989. The van der Waals surface area contributed by atoms with Gasteiger partial charge in [0.1, 0.15) is 11.4 Å². The Morgan fingerprint density at radius 1 is 1.23 bits per heavy atom. The van der Waals surface area contributed by atoms with Crippen LogP contribution in [0.25, 0.3) is 0 Å². The van der Waals surface area contributed by atoms with E-state index in [1.807, 2.05) is 54.6 Å². The number of hydrogen-bond donors (Lipinski definition) is 1. The van der Waals surface area contributed by atoms with E-state index < -0.39 is 17.4 Å². The molecule has 4 atom stereocenters. The van der Waals surface area contributed by atoms with Crippen molar-refractivity contribution in [1.82, 2.24) is 5.32 Å². The molecule has 2 bridgehead atoms. The molecule has 2 saturated heterocycles. The van der Waals surface area contributed by atoms with Crippen molar-refractivity contribution in [3.63, 3.8) is 0 Å². The zero-order valence-electron chi connectivity index (χ0n) is 17.5. The lowest BCUT2D eigenvalue weighted by molar-refractivity contribution is -0.131. The molecule has 0 saturated carbocycles. The Labute approximate surface area is 181 Å². The molecule has 3 unspecified atom stereocenters. The number of hydrogen-bond acceptors (Lipinski definition) is 4. The fraction of sp³-hybridized carbons (Fsp3) is 0.360. The first-order chi connectivity index (χ1) is 15.1. The molecule has 0 aliphatic carbocycles. The first-order valence-electron chi connectivity index (χ1n) is 10.8. The van der Waals surface area contributed by atoms with E-state index in [1.165, 1.54) is 5.56 Å². The maximum absolute atomic E-state index is 13.4. The topological polar surface area (TPSA) is 67.9 Å². The summed E-state index contributed by atoms with van der Waals surface area (Å²) in [5, 5.41) is 3.04. The molecule has 3 aliphatic rings. The number of fused-ring (bicyclic) bond motifs is 1. The van der Waals surface area contributed by atoms with E-state index in [9.17, 15) is 9.59 Å². The maximum Gasteiger partial charge on any atom is 0.234 e. The molecule has 2 aromatic rings. The van der Waals surface area contributed by atoms with Crippen molar-refractivity contribution >= 4 is 17.5 Å². The van der Waals surface area contributed by atoms with Gasteiger partial charge < -0.3 is 19.7 Å². The minimum absolute atomic E-state index is 0.0652. The third-order valence-electron chi connectivity index (χ3n) is 6.55. The van der Waals surface area contributed by atoms with Crippen LogP contribution in [-0.2, 0) is 20.7 Å². The Kier molecular flexibility index (Phi) is 5.02. The standard InChI is InChI=1S/C25H26N2O4/c1-30-19-11-5-10-18(15-19)27-16-25-13-12-20(31-25)21(22(25)24(27)29)23(28)26-14-6-9-17-7-3-2-4-8-17/h2-5,7-8,10-13,15,20-22H,6,9,14,16H2,1H3,(H,26,28)/t20?,21?,22?,25-/m0/s1. The SMILES string of the molecule is COc1cccc(N2C[C@]34C=CC(O3)C(C(=O)NCCCc3ccccc3)C4C2=O)c1. The van der Waals surface area contributed by atoms with Crippen LogP contribution in [0.15, 0.2) is 66.7 Å². The number of anilines is 1. The molecule has 0 radical (unpaired) electrons. The van der Waals surface area contributed by atoms with Crippen LogP contribution in [0, 0.1) is 11.8 Å². The first kappa shape index (κ1) is 19.8. The highest BCUT2D eigenvalue weighted by Gasteiger charge is 2.67. The molecular weight excluding hydrogens is 392 g/mol. The van der Waals surface area contributed by atoms with Gasteiger partial charge in [-0.1, -0.05) is 48.6 Å². The van der Waals surface area contributed by atoms with Crippen LogP contribution >= 0.6 is 0 Å². The van der Waals surface area contributed by atoms with Crippen molar-refractivity contribution < 1.29 is 19.1 Å². The van der Waals surface area contributed by atoms with E-state index >= 15 is 0 Å². The van der Waals surface area contributed by atoms with Crippen molar-refractivity contribution in [2.75, 3.05) is 25.1 Å². The Hall–Kier alpha value is -3.12. The van der Waals surface area contributed by atoms with Gasteiger partial charge in [-0.2, -0.15) is 0 Å². The Balaban J connectivity index is 1.27. The van der Waals surface area contributed by atoms with E-state index in [4.69, 9.17) is 9.47 Å². The largest absolute Gasteiger partial charge is 0.497 e. The van der Waals surface area contributed by atoms with Crippen molar-refractivity contribution in [3.8, 4) is 5.75 Å². The van der Waals surface area contributed by atoms with Crippen LogP contribution in [0.4, 0.5) is 5.69 Å². The zero-order valence-corrected chi connectivity index (χ0v) is 17.5. The van der Waals surface area contributed by atoms with Crippen molar-refractivity contribution in [3.05, 3.63) is 72.3 Å². The summed E-state index contributed by atoms with van der Waals surface area (Å²) >= 11 is 0. The van der Waals surface area contributed by atoms with Gasteiger partial charge in [0.25, 0.3) is 0 Å². The van der Waals surface area contributed by atoms with Crippen LogP contribution in [0.5, 0.6) is 5.75 Å². The summed E-state index contributed by atoms with van der Waals surface area (Å²) < 4.78 is 11.5. The second-order valence-corrected chi connectivity index (χ2v) is 8.41. The number of ether oxygens (including phenoxy) is 2. The third kappa shape index (κ3) is 3.41. The monoisotopic (exact) mass is 418 g/mol.